The summed E-state index contributed by atoms with van der Waals surface area (Å²) >= 11 is 22.4. The van der Waals surface area contributed by atoms with Gasteiger partial charge in [-0.15, -0.1) is 0 Å². The van der Waals surface area contributed by atoms with Gasteiger partial charge < -0.3 is 21.0 Å². The highest BCUT2D eigenvalue weighted by Gasteiger charge is 2.34. The fraction of sp³-hybridized carbons (Fsp3) is 0.149. The van der Waals surface area contributed by atoms with Crippen LogP contribution in [-0.2, 0) is 18.5 Å². The van der Waals surface area contributed by atoms with Crippen molar-refractivity contribution in [2.45, 2.75) is 46.2 Å². The smallest absolute Gasteiger partial charge is 0.397 e. The maximum atomic E-state index is 12.6. The zero-order valence-electron chi connectivity index (χ0n) is 37.5. The first-order chi connectivity index (χ1) is 33.7. The number of alkyl halides is 9. The molecule has 10 aromatic rings. The van der Waals surface area contributed by atoms with E-state index < -0.39 is 35.3 Å². The van der Waals surface area contributed by atoms with Crippen molar-refractivity contribution >= 4 is 108 Å². The molecular formula is C47H35Cl4F9N12. The first kappa shape index (κ1) is 54.3. The Morgan fingerprint density at radius 1 is 0.500 bits per heavy atom. The monoisotopic (exact) mass is 1080 g/mol. The maximum Gasteiger partial charge on any atom is 0.433 e. The van der Waals surface area contributed by atoms with Gasteiger partial charge in [0.1, 0.15) is 33.1 Å². The summed E-state index contributed by atoms with van der Waals surface area (Å²) in [6.45, 7) is 7.36. The van der Waals surface area contributed by atoms with Crippen molar-refractivity contribution < 1.29 is 39.5 Å². The van der Waals surface area contributed by atoms with E-state index in [0.717, 1.165) is 53.1 Å². The molecule has 0 spiro atoms. The molecule has 25 heteroatoms. The molecule has 0 aliphatic carbocycles. The molecule has 0 bridgehead atoms. The number of nitrogens with zero attached hydrogens (tertiary/aromatic N) is 8. The lowest BCUT2D eigenvalue weighted by Gasteiger charge is -2.10. The molecule has 0 aliphatic heterocycles. The lowest BCUT2D eigenvalue weighted by Crippen LogP contribution is -2.07. The van der Waals surface area contributed by atoms with Crippen molar-refractivity contribution in [3.8, 4) is 0 Å². The Hall–Kier alpha value is -7.07. The average molecular weight is 1080 g/mol. The quantitative estimate of drug-likeness (QED) is 0.0964. The predicted molar refractivity (Wildman–Crippen MR) is 261 cm³/mol. The molecule has 0 unspecified atom stereocenters. The summed E-state index contributed by atoms with van der Waals surface area (Å²) in [5.74, 6) is 0.153. The Bertz CT molecular complexity index is 3320. The van der Waals surface area contributed by atoms with Crippen molar-refractivity contribution in [2.75, 3.05) is 11.1 Å². The third-order valence-corrected chi connectivity index (χ3v) is 10.7. The number of hydrogen-bond donors (Lipinski definition) is 4. The molecule has 72 heavy (non-hydrogen) atoms. The number of aryl methyl sites for hydroxylation is 4. The summed E-state index contributed by atoms with van der Waals surface area (Å²) in [5, 5.41) is 5.82. The molecule has 0 fully saturated rings. The molecule has 0 atom stereocenters. The van der Waals surface area contributed by atoms with E-state index in [1.165, 1.54) is 12.3 Å². The Balaban J connectivity index is 0.000000152. The number of aromatic nitrogens is 10. The van der Waals surface area contributed by atoms with Crippen LogP contribution < -0.4 is 11.1 Å². The summed E-state index contributed by atoms with van der Waals surface area (Å²) in [7, 11) is 0. The summed E-state index contributed by atoms with van der Waals surface area (Å²) in [4.78, 5) is 36.9. The van der Waals surface area contributed by atoms with Crippen LogP contribution >= 0.6 is 46.4 Å². The number of H-pyrrole nitrogens is 2. The van der Waals surface area contributed by atoms with E-state index in [-0.39, 0.29) is 10.8 Å². The van der Waals surface area contributed by atoms with Crippen LogP contribution in [0.3, 0.4) is 0 Å². The number of nitrogen functional groups attached to an aromatic ring is 1. The molecule has 0 amide bonds. The Labute approximate surface area is 422 Å². The van der Waals surface area contributed by atoms with E-state index in [4.69, 9.17) is 52.1 Å². The Kier molecular flexibility index (Phi) is 17.0. The molecule has 10 heterocycles. The highest BCUT2D eigenvalue weighted by Crippen LogP contribution is 2.35. The SMILES string of the molecule is Cc1cc2c(cn1)[nH]c1ncc(C(F)(F)F)cc12.Cc1ccc(Nc2ncc(C(F)(F)F)cc2Cl)cn1.Cc1cnc(Cl)c(Cl)c1.Cc1cnc2[nH]c3ccc(C(F)(F)F)nc3c2c1.Nc1ccc(Cl)nc1. The van der Waals surface area contributed by atoms with Gasteiger partial charge in [-0.05, 0) is 106 Å². The van der Waals surface area contributed by atoms with E-state index in [0.29, 0.717) is 70.7 Å². The number of hydrogen-bond acceptors (Lipinski definition) is 10. The fourth-order valence-corrected chi connectivity index (χ4v) is 6.75. The second kappa shape index (κ2) is 22.6. The van der Waals surface area contributed by atoms with Gasteiger partial charge >= 0.3 is 18.5 Å². The van der Waals surface area contributed by atoms with Crippen LogP contribution in [-0.4, -0.2) is 49.8 Å². The summed E-state index contributed by atoms with van der Waals surface area (Å²) < 4.78 is 113. The largest absolute Gasteiger partial charge is 0.433 e. The maximum absolute atomic E-state index is 12.6. The highest BCUT2D eigenvalue weighted by atomic mass is 35.5. The fourth-order valence-electron chi connectivity index (χ4n) is 6.10. The van der Waals surface area contributed by atoms with Gasteiger partial charge in [0.15, 0.2) is 0 Å². The summed E-state index contributed by atoms with van der Waals surface area (Å²) in [5.41, 5.74) is 10.0. The van der Waals surface area contributed by atoms with Gasteiger partial charge in [0.25, 0.3) is 0 Å². The third kappa shape index (κ3) is 14.5. The number of nitrogens with one attached hydrogen (secondary N) is 3. The van der Waals surface area contributed by atoms with Gasteiger partial charge in [0.2, 0.25) is 0 Å². The van der Waals surface area contributed by atoms with Crippen LogP contribution in [0.2, 0.25) is 20.4 Å². The molecule has 10 aromatic heterocycles. The van der Waals surface area contributed by atoms with Gasteiger partial charge in [-0.2, -0.15) is 39.5 Å². The molecule has 374 valence electrons. The minimum absolute atomic E-state index is 0.101. The van der Waals surface area contributed by atoms with Crippen LogP contribution in [0.4, 0.5) is 56.7 Å². The third-order valence-electron chi connectivity index (χ3n) is 9.54. The summed E-state index contributed by atoms with van der Waals surface area (Å²) in [6, 6.07) is 16.4. The van der Waals surface area contributed by atoms with E-state index in [9.17, 15) is 39.5 Å². The van der Waals surface area contributed by atoms with Gasteiger partial charge in [-0.3, -0.25) is 9.97 Å². The topological polar surface area (TPSA) is 173 Å². The number of halogens is 13. The van der Waals surface area contributed by atoms with Crippen LogP contribution in [0.5, 0.6) is 0 Å². The zero-order valence-corrected chi connectivity index (χ0v) is 40.5. The first-order valence-corrected chi connectivity index (χ1v) is 22.0. The molecule has 0 aromatic carbocycles. The second-order valence-corrected chi connectivity index (χ2v) is 16.9. The molecular weight excluding hydrogens is 1050 g/mol. The Morgan fingerprint density at radius 2 is 1.12 bits per heavy atom. The highest BCUT2D eigenvalue weighted by molar-refractivity contribution is 6.41. The number of rotatable bonds is 2. The van der Waals surface area contributed by atoms with Crippen molar-refractivity contribution in [3.05, 3.63) is 170 Å². The van der Waals surface area contributed by atoms with Crippen molar-refractivity contribution in [3.63, 3.8) is 0 Å². The van der Waals surface area contributed by atoms with Crippen molar-refractivity contribution in [1.29, 1.82) is 0 Å². The van der Waals surface area contributed by atoms with Crippen molar-refractivity contribution in [2.24, 2.45) is 0 Å². The minimum atomic E-state index is -4.46. The lowest BCUT2D eigenvalue weighted by atomic mass is 10.1. The van der Waals surface area contributed by atoms with Crippen LogP contribution in [0.15, 0.2) is 110 Å². The first-order valence-electron chi connectivity index (χ1n) is 20.5. The zero-order chi connectivity index (χ0) is 52.7. The van der Waals surface area contributed by atoms with Crippen LogP contribution in [0, 0.1) is 27.7 Å². The molecule has 0 saturated carbocycles. The van der Waals surface area contributed by atoms with E-state index in [1.807, 2.05) is 20.8 Å². The number of fused-ring (bicyclic) bond motifs is 6. The number of nitrogens with two attached hydrogens (primary N) is 1. The minimum Gasteiger partial charge on any atom is -0.397 e. The number of aromatic amines is 2. The molecule has 0 aliphatic rings. The predicted octanol–water partition coefficient (Wildman–Crippen LogP) is 15.1. The lowest BCUT2D eigenvalue weighted by molar-refractivity contribution is -0.141. The average Bonchev–Trinajstić information content (AvgIpc) is 3.87. The van der Waals surface area contributed by atoms with Gasteiger partial charge in [-0.1, -0.05) is 46.4 Å². The second-order valence-electron chi connectivity index (χ2n) is 15.3. The van der Waals surface area contributed by atoms with E-state index >= 15 is 0 Å². The standard InChI is InChI=1S/C12H9ClF3N3.2C12H8F3N3.C6H5Cl2N.C5H5ClN2/c1-7-2-3-9(6-17-7)19-11-10(13)4-8(5-18-11)12(14,15)16;1-6-2-8-9-3-7(12(13,14)15)4-17-11(9)18-10(8)5-16-6;1-6-4-7-10-8(17-11(7)16-5-6)2-3-9(18-10)12(13,14)15;1-4-2-5(7)6(8)9-3-4;6-5-2-1-4(7)3-8-5/h2-6H,1H3,(H,18,19);2-5H,1H3,(H,17,18);2-5H,1H3,(H,16,17);2-3H,1H3;1-3H,7H2. The Morgan fingerprint density at radius 3 is 1.72 bits per heavy atom. The number of pyridine rings is 8. The molecule has 10 rings (SSSR count). The molecule has 0 saturated heterocycles. The van der Waals surface area contributed by atoms with E-state index in [2.05, 4.69) is 55.2 Å². The van der Waals surface area contributed by atoms with Crippen molar-refractivity contribution in [1.82, 2.24) is 49.8 Å². The molecule has 12 nitrogen and oxygen atoms in total. The summed E-state index contributed by atoms with van der Waals surface area (Å²) in [6.07, 6.45) is -3.72. The van der Waals surface area contributed by atoms with E-state index in [1.54, 1.807) is 74.2 Å². The van der Waals surface area contributed by atoms with Gasteiger partial charge in [0.05, 0.1) is 67.7 Å². The van der Waals surface area contributed by atoms with Gasteiger partial charge in [0, 0.05) is 52.3 Å². The van der Waals surface area contributed by atoms with Gasteiger partial charge in [-0.25, -0.2) is 29.9 Å². The normalized spacial score (nSPS) is 11.5. The number of anilines is 3. The molecule has 0 radical (unpaired) electrons. The van der Waals surface area contributed by atoms with Crippen LogP contribution in [0.25, 0.3) is 44.0 Å². The molecule has 5 N–H and O–H groups in total. The van der Waals surface area contributed by atoms with Crippen LogP contribution in [0.1, 0.15) is 39.3 Å².